The molecule has 0 saturated heterocycles. The van der Waals surface area contributed by atoms with Gasteiger partial charge in [0.05, 0.1) is 17.8 Å². The standard InChI is InChI=1S/C26H23F3N4O4/c1-17(19-6-3-2-4-7-19)31-23(34)16-37-22-12-10-18(11-13-22)15-30-33-25(36)24(35)32-21-9-5-8-20(14-21)26(27,28)29/h2-15,17H,16H2,1H3,(H,31,34)(H,32,35)(H,33,36)/b30-15+. The molecule has 0 saturated carbocycles. The summed E-state index contributed by atoms with van der Waals surface area (Å²) in [4.78, 5) is 35.9. The van der Waals surface area contributed by atoms with Crippen LogP contribution in [0.25, 0.3) is 0 Å². The van der Waals surface area contributed by atoms with Crippen molar-refractivity contribution in [1.82, 2.24) is 10.7 Å². The van der Waals surface area contributed by atoms with E-state index in [-0.39, 0.29) is 24.2 Å². The lowest BCUT2D eigenvalue weighted by molar-refractivity contribution is -0.137. The van der Waals surface area contributed by atoms with Gasteiger partial charge in [0.15, 0.2) is 6.61 Å². The molecule has 11 heteroatoms. The van der Waals surface area contributed by atoms with Gasteiger partial charge in [-0.05, 0) is 60.5 Å². The normalized spacial score (nSPS) is 12.0. The highest BCUT2D eigenvalue weighted by molar-refractivity contribution is 6.39. The minimum atomic E-state index is -4.58. The van der Waals surface area contributed by atoms with Gasteiger partial charge in [-0.3, -0.25) is 14.4 Å². The number of benzene rings is 3. The number of hydrogen-bond donors (Lipinski definition) is 3. The first-order chi connectivity index (χ1) is 17.6. The summed E-state index contributed by atoms with van der Waals surface area (Å²) in [6, 6.07) is 19.6. The van der Waals surface area contributed by atoms with Crippen LogP contribution in [0.15, 0.2) is 84.0 Å². The first-order valence-electron chi connectivity index (χ1n) is 11.0. The zero-order valence-corrected chi connectivity index (χ0v) is 19.6. The van der Waals surface area contributed by atoms with Crippen molar-refractivity contribution in [2.24, 2.45) is 5.10 Å². The van der Waals surface area contributed by atoms with Crippen molar-refractivity contribution in [1.29, 1.82) is 0 Å². The van der Waals surface area contributed by atoms with E-state index in [0.29, 0.717) is 17.4 Å². The van der Waals surface area contributed by atoms with Gasteiger partial charge in [-0.1, -0.05) is 36.4 Å². The molecule has 3 rings (SSSR count). The summed E-state index contributed by atoms with van der Waals surface area (Å²) in [5.41, 5.74) is 2.37. The van der Waals surface area contributed by atoms with E-state index >= 15 is 0 Å². The first kappa shape index (κ1) is 26.9. The summed E-state index contributed by atoms with van der Waals surface area (Å²) in [6.07, 6.45) is -3.32. The summed E-state index contributed by atoms with van der Waals surface area (Å²) in [5, 5.41) is 8.58. The Morgan fingerprint density at radius 2 is 1.65 bits per heavy atom. The van der Waals surface area contributed by atoms with Gasteiger partial charge in [-0.25, -0.2) is 5.43 Å². The highest BCUT2D eigenvalue weighted by atomic mass is 19.4. The number of anilines is 1. The summed E-state index contributed by atoms with van der Waals surface area (Å²) in [5.74, 6) is -2.19. The summed E-state index contributed by atoms with van der Waals surface area (Å²) < 4.78 is 43.8. The van der Waals surface area contributed by atoms with Gasteiger partial charge in [-0.15, -0.1) is 0 Å². The molecule has 3 aromatic rings. The van der Waals surface area contributed by atoms with E-state index in [1.54, 1.807) is 24.3 Å². The second-order valence-corrected chi connectivity index (χ2v) is 7.79. The van der Waals surface area contributed by atoms with Gasteiger partial charge < -0.3 is 15.4 Å². The number of nitrogens with one attached hydrogen (secondary N) is 3. The quantitative estimate of drug-likeness (QED) is 0.240. The molecule has 0 aliphatic carbocycles. The maximum Gasteiger partial charge on any atom is 0.416 e. The largest absolute Gasteiger partial charge is 0.484 e. The summed E-state index contributed by atoms with van der Waals surface area (Å²) >= 11 is 0. The number of hydrogen-bond acceptors (Lipinski definition) is 5. The maximum absolute atomic E-state index is 12.8. The number of ether oxygens (including phenoxy) is 1. The fourth-order valence-corrected chi connectivity index (χ4v) is 3.08. The van der Waals surface area contributed by atoms with Crippen molar-refractivity contribution < 1.29 is 32.3 Å². The molecule has 0 spiro atoms. The Hall–Kier alpha value is -4.67. The molecule has 3 aromatic carbocycles. The molecule has 0 aliphatic heterocycles. The minimum Gasteiger partial charge on any atom is -0.484 e. The zero-order valence-electron chi connectivity index (χ0n) is 19.6. The second kappa shape index (κ2) is 12.3. The van der Waals surface area contributed by atoms with E-state index in [1.165, 1.54) is 12.3 Å². The van der Waals surface area contributed by atoms with Crippen molar-refractivity contribution in [3.63, 3.8) is 0 Å². The predicted octanol–water partition coefficient (Wildman–Crippen LogP) is 4.05. The molecule has 192 valence electrons. The number of rotatable bonds is 8. The molecule has 1 unspecified atom stereocenters. The van der Waals surface area contributed by atoms with E-state index in [1.807, 2.05) is 42.7 Å². The fraction of sp³-hybridized carbons (Fsp3) is 0.154. The Labute approximate surface area is 210 Å². The lowest BCUT2D eigenvalue weighted by atomic mass is 10.1. The van der Waals surface area contributed by atoms with Crippen molar-refractivity contribution in [3.05, 3.63) is 95.6 Å². The van der Waals surface area contributed by atoms with Crippen molar-refractivity contribution in [2.75, 3.05) is 11.9 Å². The smallest absolute Gasteiger partial charge is 0.416 e. The van der Waals surface area contributed by atoms with Crippen LogP contribution < -0.4 is 20.8 Å². The first-order valence-corrected chi connectivity index (χ1v) is 11.0. The number of hydrazone groups is 1. The van der Waals surface area contributed by atoms with Gasteiger partial charge >= 0.3 is 18.0 Å². The predicted molar refractivity (Wildman–Crippen MR) is 131 cm³/mol. The van der Waals surface area contributed by atoms with Gasteiger partial charge in [0.2, 0.25) is 0 Å². The molecule has 0 radical (unpaired) electrons. The van der Waals surface area contributed by atoms with Crippen molar-refractivity contribution in [3.8, 4) is 5.75 Å². The van der Waals surface area contributed by atoms with Crippen LogP contribution in [0.5, 0.6) is 5.75 Å². The second-order valence-electron chi connectivity index (χ2n) is 7.79. The van der Waals surface area contributed by atoms with Crippen LogP contribution in [0, 0.1) is 0 Å². The Balaban J connectivity index is 1.43. The molecular weight excluding hydrogens is 489 g/mol. The number of carbonyl (C=O) groups is 3. The zero-order chi connectivity index (χ0) is 26.8. The number of nitrogens with zero attached hydrogens (tertiary/aromatic N) is 1. The molecule has 37 heavy (non-hydrogen) atoms. The van der Waals surface area contributed by atoms with Gasteiger partial charge in [0.25, 0.3) is 5.91 Å². The van der Waals surface area contributed by atoms with Gasteiger partial charge in [0.1, 0.15) is 5.75 Å². The Bertz CT molecular complexity index is 1260. The highest BCUT2D eigenvalue weighted by Gasteiger charge is 2.30. The lowest BCUT2D eigenvalue weighted by Gasteiger charge is -2.14. The van der Waals surface area contributed by atoms with Crippen LogP contribution in [0.2, 0.25) is 0 Å². The molecule has 1 atom stereocenters. The van der Waals surface area contributed by atoms with Crippen LogP contribution in [-0.4, -0.2) is 30.5 Å². The van der Waals surface area contributed by atoms with Crippen molar-refractivity contribution in [2.45, 2.75) is 19.1 Å². The number of carbonyl (C=O) groups excluding carboxylic acids is 3. The molecule has 8 nitrogen and oxygen atoms in total. The fourth-order valence-electron chi connectivity index (χ4n) is 3.08. The molecule has 0 aromatic heterocycles. The monoisotopic (exact) mass is 512 g/mol. The van der Waals surface area contributed by atoms with E-state index in [0.717, 1.165) is 17.7 Å². The number of alkyl halides is 3. The number of halogens is 3. The topological polar surface area (TPSA) is 109 Å². The maximum atomic E-state index is 12.8. The van der Waals surface area contributed by atoms with E-state index in [4.69, 9.17) is 4.74 Å². The molecule has 3 N–H and O–H groups in total. The number of amides is 3. The average Bonchev–Trinajstić information content (AvgIpc) is 2.88. The third-order valence-corrected chi connectivity index (χ3v) is 4.96. The van der Waals surface area contributed by atoms with E-state index in [2.05, 4.69) is 15.7 Å². The van der Waals surface area contributed by atoms with Crippen LogP contribution in [0.3, 0.4) is 0 Å². The Morgan fingerprint density at radius 1 is 0.946 bits per heavy atom. The van der Waals surface area contributed by atoms with Crippen LogP contribution in [0.1, 0.15) is 29.7 Å². The molecule has 3 amide bonds. The Morgan fingerprint density at radius 3 is 2.32 bits per heavy atom. The third-order valence-electron chi connectivity index (χ3n) is 4.96. The van der Waals surface area contributed by atoms with Crippen LogP contribution in [0.4, 0.5) is 18.9 Å². The van der Waals surface area contributed by atoms with E-state index < -0.39 is 23.6 Å². The van der Waals surface area contributed by atoms with Crippen molar-refractivity contribution >= 4 is 29.6 Å². The van der Waals surface area contributed by atoms with E-state index in [9.17, 15) is 27.6 Å². The molecule has 0 bridgehead atoms. The molecule has 0 heterocycles. The van der Waals surface area contributed by atoms with Gasteiger partial charge in [0, 0.05) is 5.69 Å². The molecular formula is C26H23F3N4O4. The van der Waals surface area contributed by atoms with Crippen LogP contribution >= 0.6 is 0 Å². The molecule has 0 fully saturated rings. The SMILES string of the molecule is CC(NC(=O)COc1ccc(/C=N/NC(=O)C(=O)Nc2cccc(C(F)(F)F)c2)cc1)c1ccccc1. The van der Waals surface area contributed by atoms with Crippen LogP contribution in [-0.2, 0) is 20.6 Å². The van der Waals surface area contributed by atoms with Gasteiger partial charge in [-0.2, -0.15) is 18.3 Å². The lowest BCUT2D eigenvalue weighted by Crippen LogP contribution is -2.32. The minimum absolute atomic E-state index is 0.168. The molecule has 0 aliphatic rings. The Kier molecular flexibility index (Phi) is 8.98. The third kappa shape index (κ3) is 8.49. The highest BCUT2D eigenvalue weighted by Crippen LogP contribution is 2.30. The average molecular weight is 512 g/mol. The summed E-state index contributed by atoms with van der Waals surface area (Å²) in [7, 11) is 0. The summed E-state index contributed by atoms with van der Waals surface area (Å²) in [6.45, 7) is 1.69.